The zero-order chi connectivity index (χ0) is 15.1. The van der Waals surface area contributed by atoms with Gasteiger partial charge >= 0.3 is 12.0 Å². The number of nitrogens with zero attached hydrogens (tertiary/aromatic N) is 1. The van der Waals surface area contributed by atoms with E-state index < -0.39 is 5.97 Å². The summed E-state index contributed by atoms with van der Waals surface area (Å²) in [4.78, 5) is 24.6. The average Bonchev–Trinajstić information content (AvgIpc) is 2.42. The molecule has 0 fully saturated rings. The van der Waals surface area contributed by atoms with Gasteiger partial charge in [-0.1, -0.05) is 19.1 Å². The van der Waals surface area contributed by atoms with Crippen LogP contribution in [0.4, 0.5) is 4.79 Å². The molecular weight excluding hydrogens is 256 g/mol. The van der Waals surface area contributed by atoms with E-state index >= 15 is 0 Å². The van der Waals surface area contributed by atoms with Gasteiger partial charge in [-0.2, -0.15) is 0 Å². The topological polar surface area (TPSA) is 69.6 Å². The number of nitrogens with one attached hydrogen (secondary N) is 1. The van der Waals surface area contributed by atoms with Gasteiger partial charge in [0, 0.05) is 19.1 Å². The van der Waals surface area contributed by atoms with Crippen molar-refractivity contribution < 1.29 is 14.7 Å². The Bertz CT molecular complexity index is 455. The fourth-order valence-corrected chi connectivity index (χ4v) is 1.88. The molecule has 0 saturated carbocycles. The van der Waals surface area contributed by atoms with Gasteiger partial charge < -0.3 is 15.3 Å². The molecule has 2 amide bonds. The number of benzene rings is 1. The van der Waals surface area contributed by atoms with E-state index in [0.717, 1.165) is 18.5 Å². The molecule has 5 nitrogen and oxygen atoms in total. The van der Waals surface area contributed by atoms with Crippen LogP contribution in [0.2, 0.25) is 0 Å². The Morgan fingerprint density at radius 3 is 2.30 bits per heavy atom. The summed E-state index contributed by atoms with van der Waals surface area (Å²) < 4.78 is 0. The summed E-state index contributed by atoms with van der Waals surface area (Å²) in [5.41, 5.74) is 1.12. The molecule has 1 aromatic carbocycles. The van der Waals surface area contributed by atoms with E-state index in [2.05, 4.69) is 5.32 Å². The van der Waals surface area contributed by atoms with Crippen LogP contribution < -0.4 is 5.32 Å². The molecule has 0 atom stereocenters. The lowest BCUT2D eigenvalue weighted by atomic mass is 10.1. The molecule has 0 heterocycles. The number of carbonyl (C=O) groups excluding carboxylic acids is 1. The third-order valence-electron chi connectivity index (χ3n) is 2.99. The van der Waals surface area contributed by atoms with Gasteiger partial charge in [-0.15, -0.1) is 0 Å². The van der Waals surface area contributed by atoms with Gasteiger partial charge in [0.25, 0.3) is 0 Å². The van der Waals surface area contributed by atoms with Gasteiger partial charge in [0.2, 0.25) is 0 Å². The summed E-state index contributed by atoms with van der Waals surface area (Å²) >= 11 is 0. The lowest BCUT2D eigenvalue weighted by molar-refractivity contribution is 0.0697. The van der Waals surface area contributed by atoms with Crippen LogP contribution in [0.3, 0.4) is 0 Å². The second-order valence-electron chi connectivity index (χ2n) is 4.95. The second kappa shape index (κ2) is 7.53. The average molecular weight is 278 g/mol. The largest absolute Gasteiger partial charge is 0.478 e. The molecule has 0 aliphatic heterocycles. The summed E-state index contributed by atoms with van der Waals surface area (Å²) in [6.45, 7) is 7.12. The van der Waals surface area contributed by atoms with Crippen LogP contribution >= 0.6 is 0 Å². The van der Waals surface area contributed by atoms with Crippen molar-refractivity contribution in [3.05, 3.63) is 35.4 Å². The van der Waals surface area contributed by atoms with Crippen LogP contribution in [0.1, 0.15) is 43.1 Å². The highest BCUT2D eigenvalue weighted by atomic mass is 16.4. The number of hydrogen-bond acceptors (Lipinski definition) is 2. The van der Waals surface area contributed by atoms with Crippen molar-refractivity contribution in [3.63, 3.8) is 0 Å². The van der Waals surface area contributed by atoms with E-state index in [0.29, 0.717) is 6.54 Å². The van der Waals surface area contributed by atoms with E-state index in [1.54, 1.807) is 17.0 Å². The van der Waals surface area contributed by atoms with Gasteiger partial charge in [-0.3, -0.25) is 0 Å². The van der Waals surface area contributed by atoms with Crippen molar-refractivity contribution in [3.8, 4) is 0 Å². The van der Waals surface area contributed by atoms with Crippen LogP contribution in [0.5, 0.6) is 0 Å². The van der Waals surface area contributed by atoms with Gasteiger partial charge in [0.15, 0.2) is 0 Å². The number of carboxylic acid groups (broad SMARTS) is 1. The van der Waals surface area contributed by atoms with Crippen molar-refractivity contribution in [2.24, 2.45) is 0 Å². The van der Waals surface area contributed by atoms with Crippen LogP contribution in [0.25, 0.3) is 0 Å². The van der Waals surface area contributed by atoms with Crippen LogP contribution in [-0.4, -0.2) is 34.6 Å². The molecule has 0 saturated heterocycles. The number of carbonyl (C=O) groups is 2. The molecule has 0 unspecified atom stereocenters. The molecule has 5 heteroatoms. The van der Waals surface area contributed by atoms with E-state index in [-0.39, 0.29) is 17.6 Å². The highest BCUT2D eigenvalue weighted by Crippen LogP contribution is 2.05. The zero-order valence-electron chi connectivity index (χ0n) is 12.2. The molecule has 0 bridgehead atoms. The number of amides is 2. The fourth-order valence-electron chi connectivity index (χ4n) is 1.88. The lowest BCUT2D eigenvalue weighted by Crippen LogP contribution is -2.44. The van der Waals surface area contributed by atoms with Crippen molar-refractivity contribution in [1.82, 2.24) is 10.2 Å². The molecule has 0 aliphatic rings. The minimum Gasteiger partial charge on any atom is -0.478 e. The second-order valence-corrected chi connectivity index (χ2v) is 4.95. The quantitative estimate of drug-likeness (QED) is 0.840. The lowest BCUT2D eigenvalue weighted by Gasteiger charge is -2.26. The van der Waals surface area contributed by atoms with Crippen molar-refractivity contribution in [2.45, 2.75) is 39.8 Å². The molecule has 0 aliphatic carbocycles. The fraction of sp³-hybridized carbons (Fsp3) is 0.467. The number of aromatic carboxylic acids is 1. The molecule has 20 heavy (non-hydrogen) atoms. The molecule has 1 aromatic rings. The Labute approximate surface area is 119 Å². The predicted octanol–water partition coefficient (Wildman–Crippen LogP) is 2.71. The summed E-state index contributed by atoms with van der Waals surface area (Å²) in [5.74, 6) is -0.950. The first-order valence-electron chi connectivity index (χ1n) is 6.82. The maximum absolute atomic E-state index is 12.0. The van der Waals surface area contributed by atoms with Crippen LogP contribution in [0, 0.1) is 0 Å². The highest BCUT2D eigenvalue weighted by molar-refractivity contribution is 5.87. The zero-order valence-corrected chi connectivity index (χ0v) is 12.2. The van der Waals surface area contributed by atoms with Gasteiger partial charge in [0.05, 0.1) is 5.56 Å². The molecule has 1 rings (SSSR count). The first kappa shape index (κ1) is 16.0. The minimum atomic E-state index is -0.950. The molecule has 110 valence electrons. The van der Waals surface area contributed by atoms with Crippen molar-refractivity contribution >= 4 is 12.0 Å². The van der Waals surface area contributed by atoms with E-state index in [1.165, 1.54) is 12.1 Å². The van der Waals surface area contributed by atoms with Crippen molar-refractivity contribution in [1.29, 1.82) is 0 Å². The first-order valence-corrected chi connectivity index (χ1v) is 6.82. The Hall–Kier alpha value is -2.04. The maximum atomic E-state index is 12.0. The SMILES string of the molecule is CCCN(C(=O)NCc1ccc(C(=O)O)cc1)C(C)C. The summed E-state index contributed by atoms with van der Waals surface area (Å²) in [5, 5.41) is 11.7. The Morgan fingerprint density at radius 2 is 1.85 bits per heavy atom. The number of urea groups is 1. The maximum Gasteiger partial charge on any atom is 0.335 e. The molecule has 0 spiro atoms. The molecule has 2 N–H and O–H groups in total. The third kappa shape index (κ3) is 4.57. The van der Waals surface area contributed by atoms with E-state index in [4.69, 9.17) is 5.11 Å². The smallest absolute Gasteiger partial charge is 0.335 e. The molecule has 0 aromatic heterocycles. The highest BCUT2D eigenvalue weighted by Gasteiger charge is 2.15. The number of hydrogen-bond donors (Lipinski definition) is 2. The number of carboxylic acids is 1. The monoisotopic (exact) mass is 278 g/mol. The van der Waals surface area contributed by atoms with Gasteiger partial charge in [0.1, 0.15) is 0 Å². The first-order chi connectivity index (χ1) is 9.45. The van der Waals surface area contributed by atoms with Crippen LogP contribution in [-0.2, 0) is 6.54 Å². The van der Waals surface area contributed by atoms with Crippen LogP contribution in [0.15, 0.2) is 24.3 Å². The van der Waals surface area contributed by atoms with Gasteiger partial charge in [-0.05, 0) is 38.0 Å². The third-order valence-corrected chi connectivity index (χ3v) is 2.99. The molecular formula is C15H22N2O3. The standard InChI is InChI=1S/C15H22N2O3/c1-4-9-17(11(2)3)15(20)16-10-12-5-7-13(8-6-12)14(18)19/h5-8,11H,4,9-10H2,1-3H3,(H,16,20)(H,18,19). The Morgan fingerprint density at radius 1 is 1.25 bits per heavy atom. The summed E-state index contributed by atoms with van der Waals surface area (Å²) in [6, 6.07) is 6.56. The predicted molar refractivity (Wildman–Crippen MR) is 77.8 cm³/mol. The summed E-state index contributed by atoms with van der Waals surface area (Å²) in [6.07, 6.45) is 0.916. The van der Waals surface area contributed by atoms with E-state index in [9.17, 15) is 9.59 Å². The Balaban J connectivity index is 2.57. The van der Waals surface area contributed by atoms with E-state index in [1.807, 2.05) is 20.8 Å². The van der Waals surface area contributed by atoms with Crippen molar-refractivity contribution in [2.75, 3.05) is 6.54 Å². The normalized spacial score (nSPS) is 10.4. The summed E-state index contributed by atoms with van der Waals surface area (Å²) in [7, 11) is 0. The Kier molecular flexibility index (Phi) is 6.03. The van der Waals surface area contributed by atoms with Gasteiger partial charge in [-0.25, -0.2) is 9.59 Å². The minimum absolute atomic E-state index is 0.0934. The number of rotatable bonds is 6. The molecule has 0 radical (unpaired) electrons.